The SMILES string of the molecule is C/C(=C\CC(C)(C)C(O)C(C)C)C(=O)O. The maximum atomic E-state index is 10.6. The second-order valence-electron chi connectivity index (χ2n) is 5.07. The van der Waals surface area contributed by atoms with Gasteiger partial charge in [-0.2, -0.15) is 0 Å². The highest BCUT2D eigenvalue weighted by molar-refractivity contribution is 5.85. The van der Waals surface area contributed by atoms with Crippen LogP contribution in [0.5, 0.6) is 0 Å². The third kappa shape index (κ3) is 4.47. The molecule has 0 bridgehead atoms. The minimum absolute atomic E-state index is 0.179. The molecule has 0 spiro atoms. The number of allylic oxidation sites excluding steroid dienone is 1. The Bertz CT molecular complexity index is 252. The molecule has 3 nitrogen and oxygen atoms in total. The van der Waals surface area contributed by atoms with Gasteiger partial charge in [-0.05, 0) is 24.7 Å². The summed E-state index contributed by atoms with van der Waals surface area (Å²) in [4.78, 5) is 10.6. The van der Waals surface area contributed by atoms with Crippen molar-refractivity contribution >= 4 is 5.97 Å². The van der Waals surface area contributed by atoms with Crippen molar-refractivity contribution in [2.75, 3.05) is 0 Å². The molecule has 1 unspecified atom stereocenters. The third-order valence-electron chi connectivity index (χ3n) is 2.70. The number of hydrogen-bond donors (Lipinski definition) is 2. The van der Waals surface area contributed by atoms with Crippen LogP contribution in [0, 0.1) is 11.3 Å². The van der Waals surface area contributed by atoms with Gasteiger partial charge in [0.05, 0.1) is 6.10 Å². The first-order valence-electron chi connectivity index (χ1n) is 5.26. The number of aliphatic carboxylic acids is 1. The maximum absolute atomic E-state index is 10.6. The van der Waals surface area contributed by atoms with Gasteiger partial charge in [0.2, 0.25) is 0 Å². The van der Waals surface area contributed by atoms with E-state index in [9.17, 15) is 9.90 Å². The minimum Gasteiger partial charge on any atom is -0.478 e. The Balaban J connectivity index is 4.51. The van der Waals surface area contributed by atoms with E-state index in [4.69, 9.17) is 5.11 Å². The maximum Gasteiger partial charge on any atom is 0.330 e. The van der Waals surface area contributed by atoms with Gasteiger partial charge < -0.3 is 10.2 Å². The van der Waals surface area contributed by atoms with Crippen molar-refractivity contribution in [2.45, 2.75) is 47.1 Å². The molecule has 0 aromatic heterocycles. The number of carboxylic acids is 1. The van der Waals surface area contributed by atoms with Gasteiger partial charge in [-0.1, -0.05) is 33.8 Å². The smallest absolute Gasteiger partial charge is 0.330 e. The zero-order valence-corrected chi connectivity index (χ0v) is 10.2. The molecule has 0 rings (SSSR count). The van der Waals surface area contributed by atoms with E-state index >= 15 is 0 Å². The summed E-state index contributed by atoms with van der Waals surface area (Å²) in [6.07, 6.45) is 1.83. The van der Waals surface area contributed by atoms with E-state index in [-0.39, 0.29) is 11.3 Å². The lowest BCUT2D eigenvalue weighted by atomic mass is 9.78. The highest BCUT2D eigenvalue weighted by Crippen LogP contribution is 2.30. The third-order valence-corrected chi connectivity index (χ3v) is 2.70. The molecule has 0 fully saturated rings. The Hall–Kier alpha value is -0.830. The van der Waals surface area contributed by atoms with E-state index in [0.717, 1.165) is 0 Å². The molecule has 0 aliphatic heterocycles. The lowest BCUT2D eigenvalue weighted by molar-refractivity contribution is -0.132. The Morgan fingerprint density at radius 3 is 2.20 bits per heavy atom. The van der Waals surface area contributed by atoms with Crippen LogP contribution in [-0.4, -0.2) is 22.3 Å². The number of hydrogen-bond acceptors (Lipinski definition) is 2. The van der Waals surface area contributed by atoms with Gasteiger partial charge in [0.25, 0.3) is 0 Å². The molecular formula is C12H22O3. The monoisotopic (exact) mass is 214 g/mol. The van der Waals surface area contributed by atoms with E-state index in [1.165, 1.54) is 0 Å². The Morgan fingerprint density at radius 1 is 1.40 bits per heavy atom. The normalized spacial score (nSPS) is 15.5. The van der Waals surface area contributed by atoms with Crippen molar-refractivity contribution in [2.24, 2.45) is 11.3 Å². The van der Waals surface area contributed by atoms with Gasteiger partial charge >= 0.3 is 5.97 Å². The van der Waals surface area contributed by atoms with E-state index in [1.807, 2.05) is 27.7 Å². The average Bonchev–Trinajstić information content (AvgIpc) is 2.12. The zero-order chi connectivity index (χ0) is 12.2. The zero-order valence-electron chi connectivity index (χ0n) is 10.2. The van der Waals surface area contributed by atoms with E-state index in [1.54, 1.807) is 13.0 Å². The summed E-state index contributed by atoms with van der Waals surface area (Å²) >= 11 is 0. The van der Waals surface area contributed by atoms with Gasteiger partial charge in [-0.15, -0.1) is 0 Å². The summed E-state index contributed by atoms with van der Waals surface area (Å²) < 4.78 is 0. The predicted octanol–water partition coefficient (Wildman–Crippen LogP) is 2.45. The summed E-state index contributed by atoms with van der Waals surface area (Å²) in [5.41, 5.74) is 0.0456. The van der Waals surface area contributed by atoms with Crippen molar-refractivity contribution in [3.05, 3.63) is 11.6 Å². The second kappa shape index (κ2) is 5.31. The Labute approximate surface area is 91.8 Å². The van der Waals surface area contributed by atoms with Crippen LogP contribution in [0.2, 0.25) is 0 Å². The van der Waals surface area contributed by atoms with Gasteiger partial charge in [0.1, 0.15) is 0 Å². The topological polar surface area (TPSA) is 57.5 Å². The van der Waals surface area contributed by atoms with Crippen molar-refractivity contribution in [1.82, 2.24) is 0 Å². The average molecular weight is 214 g/mol. The lowest BCUT2D eigenvalue weighted by Gasteiger charge is -2.32. The molecule has 15 heavy (non-hydrogen) atoms. The predicted molar refractivity (Wildman–Crippen MR) is 60.6 cm³/mol. The Morgan fingerprint density at radius 2 is 1.87 bits per heavy atom. The molecule has 0 aromatic rings. The molecule has 0 aliphatic rings. The summed E-state index contributed by atoms with van der Waals surface area (Å²) in [5.74, 6) is -0.719. The number of aliphatic hydroxyl groups excluding tert-OH is 1. The summed E-state index contributed by atoms with van der Waals surface area (Å²) in [6.45, 7) is 9.38. The fraction of sp³-hybridized carbons (Fsp3) is 0.750. The molecule has 0 heterocycles. The second-order valence-corrected chi connectivity index (χ2v) is 5.07. The van der Waals surface area contributed by atoms with E-state index < -0.39 is 12.1 Å². The molecule has 88 valence electrons. The first-order valence-corrected chi connectivity index (χ1v) is 5.26. The highest BCUT2D eigenvalue weighted by Gasteiger charge is 2.29. The van der Waals surface area contributed by atoms with Crippen molar-refractivity contribution in [3.63, 3.8) is 0 Å². The van der Waals surface area contributed by atoms with Crippen LogP contribution in [0.4, 0.5) is 0 Å². The standard InChI is InChI=1S/C12H22O3/c1-8(2)10(13)12(4,5)7-6-9(3)11(14)15/h6,8,10,13H,7H2,1-5H3,(H,14,15)/b9-6+. The van der Waals surface area contributed by atoms with Crippen LogP contribution in [0.15, 0.2) is 11.6 Å². The molecule has 0 aromatic carbocycles. The largest absolute Gasteiger partial charge is 0.478 e. The molecule has 0 saturated heterocycles. The summed E-state index contributed by atoms with van der Waals surface area (Å²) in [7, 11) is 0. The number of aliphatic hydroxyl groups is 1. The fourth-order valence-corrected chi connectivity index (χ4v) is 1.53. The molecular weight excluding hydrogens is 192 g/mol. The van der Waals surface area contributed by atoms with Gasteiger partial charge in [-0.25, -0.2) is 4.79 Å². The number of rotatable bonds is 5. The fourth-order valence-electron chi connectivity index (χ4n) is 1.53. The highest BCUT2D eigenvalue weighted by atomic mass is 16.4. The lowest BCUT2D eigenvalue weighted by Crippen LogP contribution is -2.33. The molecule has 1 atom stereocenters. The quantitative estimate of drug-likeness (QED) is 0.691. The first kappa shape index (κ1) is 14.2. The molecule has 2 N–H and O–H groups in total. The summed E-state index contributed by atoms with van der Waals surface area (Å²) in [5, 5.41) is 18.6. The van der Waals surface area contributed by atoms with Crippen molar-refractivity contribution in [3.8, 4) is 0 Å². The van der Waals surface area contributed by atoms with Crippen LogP contribution >= 0.6 is 0 Å². The number of carbonyl (C=O) groups is 1. The van der Waals surface area contributed by atoms with Gasteiger partial charge in [-0.3, -0.25) is 0 Å². The summed E-state index contributed by atoms with van der Waals surface area (Å²) in [6, 6.07) is 0. The number of carboxylic acid groups (broad SMARTS) is 1. The van der Waals surface area contributed by atoms with Crippen molar-refractivity contribution in [1.29, 1.82) is 0 Å². The molecule has 0 aliphatic carbocycles. The van der Waals surface area contributed by atoms with E-state index in [2.05, 4.69) is 0 Å². The Kier molecular flexibility index (Phi) is 5.01. The van der Waals surface area contributed by atoms with Crippen LogP contribution in [0.3, 0.4) is 0 Å². The van der Waals surface area contributed by atoms with Crippen molar-refractivity contribution < 1.29 is 15.0 Å². The van der Waals surface area contributed by atoms with Crippen LogP contribution in [0.25, 0.3) is 0 Å². The minimum atomic E-state index is -0.898. The van der Waals surface area contributed by atoms with Crippen LogP contribution in [-0.2, 0) is 4.79 Å². The first-order chi connectivity index (χ1) is 6.68. The van der Waals surface area contributed by atoms with Gasteiger partial charge in [0.15, 0.2) is 0 Å². The van der Waals surface area contributed by atoms with Gasteiger partial charge in [0, 0.05) is 5.57 Å². The molecule has 0 radical (unpaired) electrons. The van der Waals surface area contributed by atoms with Crippen LogP contribution in [0.1, 0.15) is 41.0 Å². The van der Waals surface area contributed by atoms with E-state index in [0.29, 0.717) is 12.0 Å². The molecule has 0 saturated carbocycles. The molecule has 3 heteroatoms. The molecule has 0 amide bonds. The van der Waals surface area contributed by atoms with Crippen LogP contribution < -0.4 is 0 Å².